The minimum atomic E-state index is 0.582. The minimum absolute atomic E-state index is 0.582. The standard InChI is InChI=1S/C8H14N2/c1-7-6-9-4-5-10(3)8(7)2/h5,7-8H,6H2,1-3H3. The highest BCUT2D eigenvalue weighted by atomic mass is 15.1. The van der Waals surface area contributed by atoms with Crippen LogP contribution in [-0.4, -0.2) is 30.4 Å². The SMILES string of the molecule is CC1CN=C=CN(C)C1C. The first-order valence-electron chi connectivity index (χ1n) is 3.69. The van der Waals surface area contributed by atoms with Gasteiger partial charge in [0.05, 0.1) is 12.7 Å². The van der Waals surface area contributed by atoms with Gasteiger partial charge < -0.3 is 4.90 Å². The average molecular weight is 138 g/mol. The molecule has 1 aliphatic heterocycles. The van der Waals surface area contributed by atoms with E-state index in [0.29, 0.717) is 12.0 Å². The maximum atomic E-state index is 4.11. The van der Waals surface area contributed by atoms with Crippen LogP contribution in [0.4, 0.5) is 0 Å². The van der Waals surface area contributed by atoms with Crippen molar-refractivity contribution in [2.75, 3.05) is 13.6 Å². The minimum Gasteiger partial charge on any atom is -0.370 e. The predicted octanol–water partition coefficient (Wildman–Crippen LogP) is 1.14. The van der Waals surface area contributed by atoms with Crippen molar-refractivity contribution in [3.05, 3.63) is 6.20 Å². The van der Waals surface area contributed by atoms with Crippen LogP contribution in [0, 0.1) is 5.92 Å². The Labute approximate surface area is 62.3 Å². The summed E-state index contributed by atoms with van der Waals surface area (Å²) in [4.78, 5) is 6.26. The first-order valence-corrected chi connectivity index (χ1v) is 3.69. The highest BCUT2D eigenvalue weighted by Crippen LogP contribution is 2.10. The third kappa shape index (κ3) is 1.39. The van der Waals surface area contributed by atoms with Crippen LogP contribution in [0.15, 0.2) is 11.2 Å². The molecule has 56 valence electrons. The number of aliphatic imine (C=N–C) groups is 1. The van der Waals surface area contributed by atoms with Crippen molar-refractivity contribution in [1.82, 2.24) is 4.90 Å². The van der Waals surface area contributed by atoms with Crippen molar-refractivity contribution < 1.29 is 0 Å². The molecule has 0 spiro atoms. The lowest BCUT2D eigenvalue weighted by atomic mass is 10.0. The van der Waals surface area contributed by atoms with E-state index in [1.165, 1.54) is 0 Å². The van der Waals surface area contributed by atoms with Gasteiger partial charge in [0, 0.05) is 13.1 Å². The number of hydrogen-bond donors (Lipinski definition) is 0. The average Bonchev–Trinajstić information content (AvgIpc) is 2.04. The molecule has 2 nitrogen and oxygen atoms in total. The first-order chi connectivity index (χ1) is 4.72. The Kier molecular flexibility index (Phi) is 2.13. The van der Waals surface area contributed by atoms with Gasteiger partial charge in [0.15, 0.2) is 0 Å². The third-order valence-corrected chi connectivity index (χ3v) is 2.20. The Bertz CT molecular complexity index is 168. The highest BCUT2D eigenvalue weighted by molar-refractivity contribution is 5.51. The topological polar surface area (TPSA) is 15.6 Å². The Morgan fingerprint density at radius 3 is 3.00 bits per heavy atom. The van der Waals surface area contributed by atoms with Crippen LogP contribution in [0.2, 0.25) is 0 Å². The van der Waals surface area contributed by atoms with Gasteiger partial charge in [-0.15, -0.1) is 0 Å². The molecule has 1 aliphatic rings. The second-order valence-electron chi connectivity index (χ2n) is 2.98. The second-order valence-corrected chi connectivity index (χ2v) is 2.98. The predicted molar refractivity (Wildman–Crippen MR) is 43.3 cm³/mol. The fourth-order valence-corrected chi connectivity index (χ4v) is 1.00. The lowest BCUT2D eigenvalue weighted by molar-refractivity contribution is 0.277. The van der Waals surface area contributed by atoms with Crippen LogP contribution in [-0.2, 0) is 0 Å². The van der Waals surface area contributed by atoms with E-state index >= 15 is 0 Å². The zero-order valence-electron chi connectivity index (χ0n) is 6.83. The molecule has 0 amide bonds. The van der Waals surface area contributed by atoms with Crippen LogP contribution >= 0.6 is 0 Å². The van der Waals surface area contributed by atoms with Crippen LogP contribution in [0.1, 0.15) is 13.8 Å². The number of nitrogens with zero attached hydrogens (tertiary/aromatic N) is 2. The van der Waals surface area contributed by atoms with Gasteiger partial charge >= 0.3 is 0 Å². The van der Waals surface area contributed by atoms with Gasteiger partial charge in [-0.05, 0) is 18.7 Å². The van der Waals surface area contributed by atoms with E-state index in [4.69, 9.17) is 0 Å². The summed E-state index contributed by atoms with van der Waals surface area (Å²) in [5.41, 5.74) is 0. The maximum absolute atomic E-state index is 4.11. The summed E-state index contributed by atoms with van der Waals surface area (Å²) in [5.74, 6) is 3.52. The van der Waals surface area contributed by atoms with E-state index < -0.39 is 0 Å². The molecule has 0 fully saturated rings. The van der Waals surface area contributed by atoms with Gasteiger partial charge in [-0.2, -0.15) is 0 Å². The zero-order chi connectivity index (χ0) is 7.56. The number of rotatable bonds is 0. The molecule has 2 unspecified atom stereocenters. The lowest BCUT2D eigenvalue weighted by Gasteiger charge is -2.25. The van der Waals surface area contributed by atoms with Crippen LogP contribution in [0.25, 0.3) is 0 Å². The van der Waals surface area contributed by atoms with E-state index in [-0.39, 0.29) is 0 Å². The van der Waals surface area contributed by atoms with E-state index in [2.05, 4.69) is 36.7 Å². The van der Waals surface area contributed by atoms with E-state index in [9.17, 15) is 0 Å². The van der Waals surface area contributed by atoms with Crippen molar-refractivity contribution in [3.63, 3.8) is 0 Å². The largest absolute Gasteiger partial charge is 0.370 e. The third-order valence-electron chi connectivity index (χ3n) is 2.20. The molecule has 2 atom stereocenters. The summed E-state index contributed by atoms with van der Waals surface area (Å²) in [6.45, 7) is 5.33. The molecule has 2 heteroatoms. The van der Waals surface area contributed by atoms with E-state index in [1.54, 1.807) is 0 Å². The Morgan fingerprint density at radius 2 is 2.30 bits per heavy atom. The Hall–Kier alpha value is -0.750. The molecule has 0 aromatic rings. The molecular formula is C8H14N2. The maximum Gasteiger partial charge on any atom is 0.0617 e. The quantitative estimate of drug-likeness (QED) is 0.490. The van der Waals surface area contributed by atoms with E-state index in [1.807, 2.05) is 6.20 Å². The molecule has 0 saturated carbocycles. The highest BCUT2D eigenvalue weighted by Gasteiger charge is 2.15. The molecule has 1 rings (SSSR count). The molecule has 0 saturated heterocycles. The fraction of sp³-hybridized carbons (Fsp3) is 0.750. The summed E-state index contributed by atoms with van der Waals surface area (Å²) in [5, 5.41) is 0. The smallest absolute Gasteiger partial charge is 0.0617 e. The van der Waals surface area contributed by atoms with Crippen molar-refractivity contribution in [2.45, 2.75) is 19.9 Å². The molecule has 10 heavy (non-hydrogen) atoms. The molecule has 0 radical (unpaired) electrons. The van der Waals surface area contributed by atoms with Crippen LogP contribution < -0.4 is 0 Å². The van der Waals surface area contributed by atoms with Gasteiger partial charge in [0.2, 0.25) is 0 Å². The summed E-state index contributed by atoms with van der Waals surface area (Å²) in [6, 6.07) is 0.582. The van der Waals surface area contributed by atoms with Gasteiger partial charge in [0.25, 0.3) is 0 Å². The molecular weight excluding hydrogens is 124 g/mol. The molecule has 0 aromatic heterocycles. The Balaban J connectivity index is 2.68. The van der Waals surface area contributed by atoms with Crippen molar-refractivity contribution >= 4 is 5.87 Å². The van der Waals surface area contributed by atoms with Crippen molar-refractivity contribution in [1.29, 1.82) is 0 Å². The van der Waals surface area contributed by atoms with Gasteiger partial charge in [-0.3, -0.25) is 0 Å². The summed E-state index contributed by atoms with van der Waals surface area (Å²) < 4.78 is 0. The summed E-state index contributed by atoms with van der Waals surface area (Å²) in [7, 11) is 2.06. The zero-order valence-corrected chi connectivity index (χ0v) is 6.83. The van der Waals surface area contributed by atoms with Crippen LogP contribution in [0.3, 0.4) is 0 Å². The number of hydrogen-bond acceptors (Lipinski definition) is 2. The normalized spacial score (nSPS) is 32.5. The monoisotopic (exact) mass is 138 g/mol. The van der Waals surface area contributed by atoms with Crippen LogP contribution in [0.5, 0.6) is 0 Å². The van der Waals surface area contributed by atoms with Gasteiger partial charge in [-0.1, -0.05) is 6.92 Å². The molecule has 1 heterocycles. The van der Waals surface area contributed by atoms with Crippen molar-refractivity contribution in [3.8, 4) is 0 Å². The molecule has 0 aromatic carbocycles. The Morgan fingerprint density at radius 1 is 1.60 bits per heavy atom. The first kappa shape index (κ1) is 7.36. The molecule has 0 aliphatic carbocycles. The second kappa shape index (κ2) is 2.89. The van der Waals surface area contributed by atoms with Crippen molar-refractivity contribution in [2.24, 2.45) is 10.9 Å². The fourth-order valence-electron chi connectivity index (χ4n) is 1.00. The van der Waals surface area contributed by atoms with E-state index in [0.717, 1.165) is 6.54 Å². The summed E-state index contributed by atoms with van der Waals surface area (Å²) >= 11 is 0. The summed E-state index contributed by atoms with van der Waals surface area (Å²) in [6.07, 6.45) is 1.91. The van der Waals surface area contributed by atoms with Gasteiger partial charge in [0.1, 0.15) is 0 Å². The molecule has 0 bridgehead atoms. The lowest BCUT2D eigenvalue weighted by Crippen LogP contribution is -2.30. The molecule has 0 N–H and O–H groups in total. The van der Waals surface area contributed by atoms with Gasteiger partial charge in [-0.25, -0.2) is 4.99 Å².